The average Bonchev–Trinajstić information content (AvgIpc) is 2.13. The summed E-state index contributed by atoms with van der Waals surface area (Å²) in [6.07, 6.45) is 0. The molecule has 0 amide bonds. The number of methoxy groups -OCH3 is 1. The third kappa shape index (κ3) is 3.13. The molecule has 0 radical (unpaired) electrons. The minimum Gasteiger partial charge on any atom is -0.492 e. The van der Waals surface area contributed by atoms with Gasteiger partial charge in [0.25, 0.3) is 0 Å². The van der Waals surface area contributed by atoms with Gasteiger partial charge in [0, 0.05) is 0 Å². The fraction of sp³-hybridized carbons (Fsp3) is 0.300. The number of halogens is 1. The molecule has 0 aliphatic heterocycles. The molecule has 0 aromatic heterocycles. The van der Waals surface area contributed by atoms with Crippen LogP contribution in [0.3, 0.4) is 0 Å². The standard InChI is InChI=1S/C10H11BrO4/c1-6-3-7(11)10(14-2)8(4-6)15-5-9(12)13/h3-4H,5H2,1-2H3,(H,12,13). The van der Waals surface area contributed by atoms with Gasteiger partial charge < -0.3 is 14.6 Å². The maximum Gasteiger partial charge on any atom is 0.341 e. The lowest BCUT2D eigenvalue weighted by Crippen LogP contribution is -2.10. The van der Waals surface area contributed by atoms with Crippen LogP contribution >= 0.6 is 15.9 Å². The molecule has 82 valence electrons. The van der Waals surface area contributed by atoms with Crippen LogP contribution in [0.1, 0.15) is 5.56 Å². The zero-order chi connectivity index (χ0) is 11.4. The van der Waals surface area contributed by atoms with Crippen molar-refractivity contribution in [2.24, 2.45) is 0 Å². The number of benzene rings is 1. The third-order valence-corrected chi connectivity index (χ3v) is 2.30. The van der Waals surface area contributed by atoms with Crippen LogP contribution in [0.25, 0.3) is 0 Å². The van der Waals surface area contributed by atoms with E-state index in [4.69, 9.17) is 14.6 Å². The van der Waals surface area contributed by atoms with Gasteiger partial charge in [0.1, 0.15) is 0 Å². The highest BCUT2D eigenvalue weighted by molar-refractivity contribution is 9.10. The Kier molecular flexibility index (Phi) is 3.96. The van der Waals surface area contributed by atoms with Gasteiger partial charge in [0.2, 0.25) is 0 Å². The fourth-order valence-electron chi connectivity index (χ4n) is 1.14. The zero-order valence-corrected chi connectivity index (χ0v) is 10.00. The molecule has 5 heteroatoms. The first-order chi connectivity index (χ1) is 7.04. The van der Waals surface area contributed by atoms with Crippen LogP contribution in [0.4, 0.5) is 0 Å². The molecule has 0 aliphatic rings. The predicted molar refractivity (Wildman–Crippen MR) is 58.6 cm³/mol. The number of hydrogen-bond donors (Lipinski definition) is 1. The van der Waals surface area contributed by atoms with E-state index in [1.165, 1.54) is 7.11 Å². The number of carboxylic acids is 1. The van der Waals surface area contributed by atoms with Crippen molar-refractivity contribution in [1.29, 1.82) is 0 Å². The van der Waals surface area contributed by atoms with Gasteiger partial charge in [-0.3, -0.25) is 0 Å². The molecule has 15 heavy (non-hydrogen) atoms. The molecule has 0 atom stereocenters. The Morgan fingerprint density at radius 1 is 1.53 bits per heavy atom. The molecular weight excluding hydrogens is 264 g/mol. The van der Waals surface area contributed by atoms with Gasteiger partial charge in [-0.1, -0.05) is 0 Å². The number of ether oxygens (including phenoxy) is 2. The predicted octanol–water partition coefficient (Wildman–Crippen LogP) is 2.23. The molecular formula is C10H11BrO4. The van der Waals surface area contributed by atoms with E-state index in [1.807, 2.05) is 13.0 Å². The summed E-state index contributed by atoms with van der Waals surface area (Å²) in [5.41, 5.74) is 0.961. The van der Waals surface area contributed by atoms with E-state index in [9.17, 15) is 4.79 Å². The monoisotopic (exact) mass is 274 g/mol. The van der Waals surface area contributed by atoms with Gasteiger partial charge in [0.05, 0.1) is 11.6 Å². The topological polar surface area (TPSA) is 55.8 Å². The summed E-state index contributed by atoms with van der Waals surface area (Å²) in [6.45, 7) is 1.50. The molecule has 4 nitrogen and oxygen atoms in total. The summed E-state index contributed by atoms with van der Waals surface area (Å²) in [7, 11) is 1.50. The van der Waals surface area contributed by atoms with Crippen molar-refractivity contribution in [1.82, 2.24) is 0 Å². The Morgan fingerprint density at radius 3 is 2.73 bits per heavy atom. The summed E-state index contributed by atoms with van der Waals surface area (Å²) < 4.78 is 10.9. The summed E-state index contributed by atoms with van der Waals surface area (Å²) in [4.78, 5) is 10.4. The van der Waals surface area contributed by atoms with Crippen LogP contribution in [0.2, 0.25) is 0 Å². The van der Waals surface area contributed by atoms with Gasteiger partial charge in [-0.2, -0.15) is 0 Å². The molecule has 0 saturated carbocycles. The number of rotatable bonds is 4. The number of hydrogen-bond acceptors (Lipinski definition) is 3. The maximum absolute atomic E-state index is 10.4. The Bertz CT molecular complexity index is 376. The minimum atomic E-state index is -1.02. The number of carbonyl (C=O) groups is 1. The number of aryl methyl sites for hydroxylation is 1. The van der Waals surface area contributed by atoms with Crippen molar-refractivity contribution in [3.63, 3.8) is 0 Å². The van der Waals surface area contributed by atoms with Crippen molar-refractivity contribution in [3.8, 4) is 11.5 Å². The molecule has 1 N–H and O–H groups in total. The fourth-order valence-corrected chi connectivity index (χ4v) is 1.86. The highest BCUT2D eigenvalue weighted by Crippen LogP contribution is 2.36. The summed E-state index contributed by atoms with van der Waals surface area (Å²) in [6, 6.07) is 3.60. The van der Waals surface area contributed by atoms with Gasteiger partial charge >= 0.3 is 5.97 Å². The van der Waals surface area contributed by atoms with Crippen molar-refractivity contribution >= 4 is 21.9 Å². The van der Waals surface area contributed by atoms with Gasteiger partial charge in [-0.15, -0.1) is 0 Å². The highest BCUT2D eigenvalue weighted by atomic mass is 79.9. The Hall–Kier alpha value is -1.23. The van der Waals surface area contributed by atoms with E-state index >= 15 is 0 Å². The first-order valence-corrected chi connectivity index (χ1v) is 5.02. The van der Waals surface area contributed by atoms with Crippen LogP contribution in [-0.2, 0) is 4.79 Å². The molecule has 0 saturated heterocycles. The van der Waals surface area contributed by atoms with Crippen molar-refractivity contribution in [2.45, 2.75) is 6.92 Å². The first kappa shape index (κ1) is 11.8. The van der Waals surface area contributed by atoms with Gasteiger partial charge in [0.15, 0.2) is 18.1 Å². The van der Waals surface area contributed by atoms with Crippen LogP contribution < -0.4 is 9.47 Å². The molecule has 0 fully saturated rings. The Morgan fingerprint density at radius 2 is 2.20 bits per heavy atom. The van der Waals surface area contributed by atoms with Crippen LogP contribution in [0.5, 0.6) is 11.5 Å². The smallest absolute Gasteiger partial charge is 0.341 e. The zero-order valence-electron chi connectivity index (χ0n) is 8.41. The van der Waals surface area contributed by atoms with Crippen molar-refractivity contribution < 1.29 is 19.4 Å². The Balaban J connectivity index is 2.98. The summed E-state index contributed by atoms with van der Waals surface area (Å²) >= 11 is 3.31. The molecule has 1 aromatic rings. The lowest BCUT2D eigenvalue weighted by molar-refractivity contribution is -0.139. The minimum absolute atomic E-state index is 0.383. The second-order valence-electron chi connectivity index (χ2n) is 2.96. The number of aliphatic carboxylic acids is 1. The lowest BCUT2D eigenvalue weighted by atomic mass is 10.2. The molecule has 1 rings (SSSR count). The molecule has 0 unspecified atom stereocenters. The quantitative estimate of drug-likeness (QED) is 0.915. The first-order valence-electron chi connectivity index (χ1n) is 4.23. The SMILES string of the molecule is COc1c(Br)cc(C)cc1OCC(=O)O. The largest absolute Gasteiger partial charge is 0.492 e. The molecule has 0 heterocycles. The lowest BCUT2D eigenvalue weighted by Gasteiger charge is -2.11. The average molecular weight is 275 g/mol. The third-order valence-electron chi connectivity index (χ3n) is 1.71. The second kappa shape index (κ2) is 5.02. The van der Waals surface area contributed by atoms with Gasteiger partial charge in [-0.25, -0.2) is 4.79 Å². The van der Waals surface area contributed by atoms with Crippen molar-refractivity contribution in [3.05, 3.63) is 22.2 Å². The normalized spacial score (nSPS) is 9.80. The van der Waals surface area contributed by atoms with Crippen LogP contribution in [0.15, 0.2) is 16.6 Å². The molecule has 1 aromatic carbocycles. The highest BCUT2D eigenvalue weighted by Gasteiger charge is 2.11. The summed E-state index contributed by atoms with van der Waals surface area (Å²) in [5, 5.41) is 8.50. The number of carboxylic acid groups (broad SMARTS) is 1. The van der Waals surface area contributed by atoms with E-state index in [-0.39, 0.29) is 6.61 Å². The maximum atomic E-state index is 10.4. The Labute approximate surface area is 95.9 Å². The molecule has 0 aliphatic carbocycles. The second-order valence-corrected chi connectivity index (χ2v) is 3.81. The van der Waals surface area contributed by atoms with Gasteiger partial charge in [-0.05, 0) is 40.5 Å². The van der Waals surface area contributed by atoms with E-state index in [0.29, 0.717) is 11.5 Å². The van der Waals surface area contributed by atoms with E-state index in [2.05, 4.69) is 15.9 Å². The van der Waals surface area contributed by atoms with E-state index in [0.717, 1.165) is 10.0 Å². The molecule has 0 spiro atoms. The van der Waals surface area contributed by atoms with Crippen molar-refractivity contribution in [2.75, 3.05) is 13.7 Å². The summed E-state index contributed by atoms with van der Waals surface area (Å²) in [5.74, 6) is -0.0942. The van der Waals surface area contributed by atoms with Crippen LogP contribution in [0, 0.1) is 6.92 Å². The molecule has 0 bridgehead atoms. The van der Waals surface area contributed by atoms with Crippen LogP contribution in [-0.4, -0.2) is 24.8 Å². The van der Waals surface area contributed by atoms with E-state index < -0.39 is 5.97 Å². The van der Waals surface area contributed by atoms with E-state index in [1.54, 1.807) is 6.07 Å².